The predicted molar refractivity (Wildman–Crippen MR) is 153 cm³/mol. The number of carbonyl (C=O) groups is 1. The maximum Gasteiger partial charge on any atom is 0.387 e. The lowest BCUT2D eigenvalue weighted by Crippen LogP contribution is -2.40. The molecule has 2 aromatic heterocycles. The Balaban J connectivity index is 1.46. The van der Waals surface area contributed by atoms with E-state index in [1.54, 1.807) is 11.4 Å². The van der Waals surface area contributed by atoms with Gasteiger partial charge in [0.1, 0.15) is 10.3 Å². The number of halogens is 4. The number of pyridine rings is 1. The zero-order chi connectivity index (χ0) is 29.1. The Labute approximate surface area is 253 Å². The van der Waals surface area contributed by atoms with E-state index in [1.165, 1.54) is 36.7 Å². The summed E-state index contributed by atoms with van der Waals surface area (Å²) in [6.45, 7) is -2.61. The third-order valence-electron chi connectivity index (χ3n) is 6.44. The molecule has 1 unspecified atom stereocenters. The highest BCUT2D eigenvalue weighted by molar-refractivity contribution is 8.02. The van der Waals surface area contributed by atoms with Crippen LogP contribution in [0.15, 0.2) is 52.3 Å². The molecule has 3 aromatic rings. The van der Waals surface area contributed by atoms with Crippen molar-refractivity contribution in [3.63, 3.8) is 0 Å². The minimum atomic E-state index is -3.92. The standard InChI is InChI=1S/C26H24Cl2F2N2O6S3/c27-18-12-31-13-19(28)17(18)11-21(16-5-6-20(38-26(29)30)22(10-16)36-14-15-3-4-15)37-25(33)24-32(7-9-40-24)41(34,35)23-2-1-8-39-23/h1-2,5-6,8,10,12-13,15,21,24,26H,3-4,7,9,11,14H2/t21-,24?/m0/s1. The minimum Gasteiger partial charge on any atom is -0.489 e. The van der Waals surface area contributed by atoms with Gasteiger partial charge in [0.25, 0.3) is 10.0 Å². The number of esters is 1. The fourth-order valence-electron chi connectivity index (χ4n) is 4.18. The zero-order valence-electron chi connectivity index (χ0n) is 21.3. The van der Waals surface area contributed by atoms with Crippen LogP contribution < -0.4 is 9.47 Å². The molecule has 1 aliphatic carbocycles. The highest BCUT2D eigenvalue weighted by Gasteiger charge is 2.42. The zero-order valence-corrected chi connectivity index (χ0v) is 25.2. The number of nitrogens with zero attached hydrogens (tertiary/aromatic N) is 2. The first-order chi connectivity index (χ1) is 19.6. The van der Waals surface area contributed by atoms with Crippen molar-refractivity contribution in [1.82, 2.24) is 9.29 Å². The molecule has 0 N–H and O–H groups in total. The first-order valence-electron chi connectivity index (χ1n) is 12.5. The molecule has 41 heavy (non-hydrogen) atoms. The fraction of sp³-hybridized carbons (Fsp3) is 0.385. The molecule has 15 heteroatoms. The van der Waals surface area contributed by atoms with Crippen molar-refractivity contribution in [3.8, 4) is 11.5 Å². The van der Waals surface area contributed by atoms with Crippen LogP contribution in [-0.2, 0) is 26.0 Å². The molecule has 1 aliphatic heterocycles. The summed E-state index contributed by atoms with van der Waals surface area (Å²) in [4.78, 5) is 17.5. The number of aromatic nitrogens is 1. The Morgan fingerprint density at radius 1 is 1.15 bits per heavy atom. The third-order valence-corrected chi connectivity index (χ3v) is 11.6. The van der Waals surface area contributed by atoms with Crippen molar-refractivity contribution in [1.29, 1.82) is 0 Å². The fourth-order valence-corrected chi connectivity index (χ4v) is 8.87. The molecule has 220 valence electrons. The lowest BCUT2D eigenvalue weighted by atomic mass is 10.0. The number of carbonyl (C=O) groups excluding carboxylic acids is 1. The smallest absolute Gasteiger partial charge is 0.387 e. The van der Waals surface area contributed by atoms with E-state index in [9.17, 15) is 22.0 Å². The number of hydrogen-bond donors (Lipinski definition) is 0. The number of sulfonamides is 1. The molecule has 1 saturated heterocycles. The van der Waals surface area contributed by atoms with Crippen LogP contribution in [-0.4, -0.2) is 54.6 Å². The summed E-state index contributed by atoms with van der Waals surface area (Å²) >= 11 is 14.9. The van der Waals surface area contributed by atoms with Gasteiger partial charge in [-0.1, -0.05) is 35.3 Å². The average molecular weight is 666 g/mol. The topological polar surface area (TPSA) is 95.0 Å². The third kappa shape index (κ3) is 7.26. The van der Waals surface area contributed by atoms with Gasteiger partial charge in [-0.3, -0.25) is 4.98 Å². The Kier molecular flexibility index (Phi) is 9.61. The van der Waals surface area contributed by atoms with Crippen LogP contribution in [0.25, 0.3) is 0 Å². The van der Waals surface area contributed by atoms with E-state index in [2.05, 4.69) is 9.72 Å². The van der Waals surface area contributed by atoms with Gasteiger partial charge in [-0.15, -0.1) is 23.1 Å². The van der Waals surface area contributed by atoms with Gasteiger partial charge in [-0.25, -0.2) is 13.2 Å². The van der Waals surface area contributed by atoms with E-state index in [1.807, 2.05) is 0 Å². The van der Waals surface area contributed by atoms with Gasteiger partial charge in [-0.05, 0) is 53.5 Å². The summed E-state index contributed by atoms with van der Waals surface area (Å²) in [7, 11) is -3.92. The second-order valence-electron chi connectivity index (χ2n) is 9.32. The van der Waals surface area contributed by atoms with Gasteiger partial charge in [0.15, 0.2) is 16.9 Å². The molecule has 2 atom stereocenters. The van der Waals surface area contributed by atoms with Crippen molar-refractivity contribution in [2.75, 3.05) is 18.9 Å². The summed E-state index contributed by atoms with van der Waals surface area (Å²) < 4.78 is 70.3. The molecule has 2 aliphatic rings. The number of hydrogen-bond acceptors (Lipinski definition) is 9. The number of thiophene rings is 1. The van der Waals surface area contributed by atoms with Crippen molar-refractivity contribution >= 4 is 62.3 Å². The number of benzene rings is 1. The molecular weight excluding hydrogens is 641 g/mol. The van der Waals surface area contributed by atoms with E-state index >= 15 is 0 Å². The molecule has 0 bridgehead atoms. The van der Waals surface area contributed by atoms with Gasteiger partial charge in [0, 0.05) is 31.1 Å². The largest absolute Gasteiger partial charge is 0.489 e. The lowest BCUT2D eigenvalue weighted by molar-refractivity contribution is -0.150. The monoisotopic (exact) mass is 664 g/mol. The normalized spacial score (nSPS) is 18.4. The van der Waals surface area contributed by atoms with Crippen LogP contribution in [0.4, 0.5) is 8.78 Å². The molecule has 1 aromatic carbocycles. The van der Waals surface area contributed by atoms with Gasteiger partial charge in [0.05, 0.1) is 16.7 Å². The Morgan fingerprint density at radius 3 is 2.56 bits per heavy atom. The van der Waals surface area contributed by atoms with E-state index in [0.29, 0.717) is 29.4 Å². The maximum atomic E-state index is 13.6. The van der Waals surface area contributed by atoms with Crippen LogP contribution in [0.1, 0.15) is 30.1 Å². The maximum absolute atomic E-state index is 13.6. The molecule has 8 nitrogen and oxygen atoms in total. The predicted octanol–water partition coefficient (Wildman–Crippen LogP) is 6.43. The van der Waals surface area contributed by atoms with Gasteiger partial charge < -0.3 is 14.2 Å². The van der Waals surface area contributed by atoms with Crippen LogP contribution in [0, 0.1) is 5.92 Å². The van der Waals surface area contributed by atoms with Crippen molar-refractivity contribution in [2.45, 2.75) is 41.6 Å². The van der Waals surface area contributed by atoms with Crippen LogP contribution in [0.3, 0.4) is 0 Å². The van der Waals surface area contributed by atoms with Crippen molar-refractivity contribution < 1.29 is 36.2 Å². The molecule has 0 radical (unpaired) electrons. The van der Waals surface area contributed by atoms with Gasteiger partial charge >= 0.3 is 12.6 Å². The summed E-state index contributed by atoms with van der Waals surface area (Å²) in [6, 6.07) is 7.37. The van der Waals surface area contributed by atoms with Crippen LogP contribution in [0.5, 0.6) is 11.5 Å². The van der Waals surface area contributed by atoms with E-state index < -0.39 is 34.1 Å². The minimum absolute atomic E-state index is 0.00188. The molecule has 3 heterocycles. The quantitative estimate of drug-likeness (QED) is 0.205. The van der Waals surface area contributed by atoms with E-state index in [4.69, 9.17) is 32.7 Å². The molecule has 0 amide bonds. The molecular formula is C26H24Cl2F2N2O6S3. The summed E-state index contributed by atoms with van der Waals surface area (Å²) in [5, 5.41) is 0.989. The summed E-state index contributed by atoms with van der Waals surface area (Å²) in [6.07, 6.45) is 3.72. The lowest BCUT2D eigenvalue weighted by Gasteiger charge is -2.25. The highest BCUT2D eigenvalue weighted by Crippen LogP contribution is 2.39. The van der Waals surface area contributed by atoms with E-state index in [0.717, 1.165) is 40.2 Å². The van der Waals surface area contributed by atoms with Gasteiger partial charge in [0.2, 0.25) is 0 Å². The number of rotatable bonds is 12. The molecule has 2 fully saturated rings. The van der Waals surface area contributed by atoms with Crippen LogP contribution >= 0.6 is 46.3 Å². The Morgan fingerprint density at radius 2 is 1.90 bits per heavy atom. The number of ether oxygens (including phenoxy) is 3. The van der Waals surface area contributed by atoms with Gasteiger partial charge in [-0.2, -0.15) is 13.1 Å². The van der Waals surface area contributed by atoms with Crippen molar-refractivity contribution in [2.24, 2.45) is 5.92 Å². The SMILES string of the molecule is O=C(O[C@@H](Cc1c(Cl)cncc1Cl)c1ccc(OC(F)F)c(OCC2CC2)c1)C1SCCN1S(=O)(=O)c1cccs1. The average Bonchev–Trinajstić information content (AvgIpc) is 3.36. The summed E-state index contributed by atoms with van der Waals surface area (Å²) in [5.74, 6) is -0.145. The Hall–Kier alpha value is -2.16. The Bertz CT molecular complexity index is 1470. The second-order valence-corrected chi connectivity index (χ2v) is 14.4. The second kappa shape index (κ2) is 13.0. The number of thioether (sulfide) groups is 1. The molecule has 5 rings (SSSR count). The number of alkyl halides is 2. The summed E-state index contributed by atoms with van der Waals surface area (Å²) in [5.41, 5.74) is 0.835. The highest BCUT2D eigenvalue weighted by atomic mass is 35.5. The van der Waals surface area contributed by atoms with E-state index in [-0.39, 0.29) is 38.7 Å². The molecule has 1 saturated carbocycles. The molecule has 0 spiro atoms. The van der Waals surface area contributed by atoms with Crippen molar-refractivity contribution in [3.05, 3.63) is 69.3 Å². The van der Waals surface area contributed by atoms with Crippen LogP contribution in [0.2, 0.25) is 10.0 Å². The first-order valence-corrected chi connectivity index (χ1v) is 16.6. The first kappa shape index (κ1) is 30.3.